The predicted octanol–water partition coefficient (Wildman–Crippen LogP) is 4.17. The number of nitrogens with zero attached hydrogens (tertiary/aromatic N) is 3. The molecule has 8 heteroatoms. The molecule has 0 saturated heterocycles. The highest BCUT2D eigenvalue weighted by Gasteiger charge is 2.17. The number of hydrogen-bond acceptors (Lipinski definition) is 5. The van der Waals surface area contributed by atoms with Gasteiger partial charge in [0.05, 0.1) is 24.1 Å². The Morgan fingerprint density at radius 3 is 2.90 bits per heavy atom. The summed E-state index contributed by atoms with van der Waals surface area (Å²) in [5.74, 6) is 0.478. The lowest BCUT2D eigenvalue weighted by molar-refractivity contribution is -0.118. The molecular formula is C21H17ClN4O2S. The van der Waals surface area contributed by atoms with Gasteiger partial charge in [-0.15, -0.1) is 17.9 Å². The number of carbonyl (C=O) groups is 1. The summed E-state index contributed by atoms with van der Waals surface area (Å²) in [5.41, 5.74) is 3.30. The summed E-state index contributed by atoms with van der Waals surface area (Å²) in [6, 6.07) is 13.1. The maximum atomic E-state index is 11.6. The van der Waals surface area contributed by atoms with E-state index >= 15 is 0 Å². The van der Waals surface area contributed by atoms with E-state index in [4.69, 9.17) is 16.3 Å². The lowest BCUT2D eigenvalue weighted by Gasteiger charge is -2.18. The van der Waals surface area contributed by atoms with Gasteiger partial charge in [-0.05, 0) is 35.9 Å². The van der Waals surface area contributed by atoms with Crippen molar-refractivity contribution in [3.05, 3.63) is 75.9 Å². The van der Waals surface area contributed by atoms with Gasteiger partial charge in [0.15, 0.2) is 6.61 Å². The van der Waals surface area contributed by atoms with Crippen molar-refractivity contribution in [2.75, 3.05) is 18.5 Å². The first-order chi connectivity index (χ1) is 14.1. The smallest absolute Gasteiger partial charge is 0.262 e. The number of amides is 1. The van der Waals surface area contributed by atoms with Crippen LogP contribution in [0.15, 0.2) is 70.6 Å². The first-order valence-corrected chi connectivity index (χ1v) is 10.1. The van der Waals surface area contributed by atoms with Crippen LogP contribution in [0.25, 0.3) is 11.3 Å². The molecular weight excluding hydrogens is 408 g/mol. The van der Waals surface area contributed by atoms with Crippen molar-refractivity contribution in [2.24, 2.45) is 10.1 Å². The zero-order valence-corrected chi connectivity index (χ0v) is 16.9. The number of ether oxygens (including phenoxy) is 1. The van der Waals surface area contributed by atoms with Gasteiger partial charge < -0.3 is 10.1 Å². The Labute approximate surface area is 176 Å². The van der Waals surface area contributed by atoms with Gasteiger partial charge in [-0.25, -0.2) is 4.68 Å². The van der Waals surface area contributed by atoms with Crippen LogP contribution in [0.4, 0.5) is 5.69 Å². The molecule has 4 rings (SSSR count). The molecule has 0 fully saturated rings. The Morgan fingerprint density at radius 1 is 1.28 bits per heavy atom. The maximum Gasteiger partial charge on any atom is 0.262 e. The number of carbonyl (C=O) groups excluding carboxylic acids is 1. The second kappa shape index (κ2) is 8.46. The quantitative estimate of drug-likeness (QED) is 0.493. The molecule has 0 bridgehead atoms. The van der Waals surface area contributed by atoms with E-state index in [2.05, 4.69) is 22.0 Å². The molecule has 1 N–H and O–H groups in total. The van der Waals surface area contributed by atoms with Gasteiger partial charge in [-0.2, -0.15) is 5.10 Å². The number of thiazole rings is 1. The van der Waals surface area contributed by atoms with Crippen molar-refractivity contribution in [1.82, 2.24) is 4.68 Å². The van der Waals surface area contributed by atoms with Crippen LogP contribution in [0.3, 0.4) is 0 Å². The van der Waals surface area contributed by atoms with E-state index in [1.807, 2.05) is 47.8 Å². The average molecular weight is 425 g/mol. The van der Waals surface area contributed by atoms with E-state index in [1.165, 1.54) is 11.3 Å². The molecule has 1 aliphatic rings. The zero-order chi connectivity index (χ0) is 20.2. The fraction of sp³-hybridized carbons (Fsp3) is 0.0952. The summed E-state index contributed by atoms with van der Waals surface area (Å²) in [5, 5.41) is 10.1. The first-order valence-electron chi connectivity index (χ1n) is 8.83. The highest BCUT2D eigenvalue weighted by Crippen LogP contribution is 2.32. The van der Waals surface area contributed by atoms with E-state index in [1.54, 1.807) is 17.0 Å². The SMILES string of the molecule is C=CCN=c1scc(-c2ccc3c(c2)NC(=O)CO3)n1N=Cc1ccc(Cl)cc1. The van der Waals surface area contributed by atoms with Gasteiger partial charge in [-0.3, -0.25) is 9.79 Å². The summed E-state index contributed by atoms with van der Waals surface area (Å²) >= 11 is 7.44. The van der Waals surface area contributed by atoms with E-state index in [9.17, 15) is 4.79 Å². The van der Waals surface area contributed by atoms with Crippen molar-refractivity contribution in [2.45, 2.75) is 0 Å². The van der Waals surface area contributed by atoms with Crippen molar-refractivity contribution in [3.8, 4) is 17.0 Å². The van der Waals surface area contributed by atoms with Crippen molar-refractivity contribution >= 4 is 40.7 Å². The van der Waals surface area contributed by atoms with E-state index in [-0.39, 0.29) is 12.5 Å². The third-order valence-corrected chi connectivity index (χ3v) is 5.25. The summed E-state index contributed by atoms with van der Waals surface area (Å²) < 4.78 is 7.22. The fourth-order valence-electron chi connectivity index (χ4n) is 2.78. The largest absolute Gasteiger partial charge is 0.482 e. The molecule has 0 radical (unpaired) electrons. The van der Waals surface area contributed by atoms with Crippen LogP contribution in [-0.2, 0) is 4.79 Å². The molecule has 1 aliphatic heterocycles. The molecule has 146 valence electrons. The monoisotopic (exact) mass is 424 g/mol. The predicted molar refractivity (Wildman–Crippen MR) is 117 cm³/mol. The summed E-state index contributed by atoms with van der Waals surface area (Å²) in [6.45, 7) is 4.24. The number of anilines is 1. The highest BCUT2D eigenvalue weighted by atomic mass is 35.5. The number of fused-ring (bicyclic) bond motifs is 1. The lowest BCUT2D eigenvalue weighted by atomic mass is 10.1. The highest BCUT2D eigenvalue weighted by molar-refractivity contribution is 7.07. The third-order valence-electron chi connectivity index (χ3n) is 4.14. The molecule has 29 heavy (non-hydrogen) atoms. The van der Waals surface area contributed by atoms with Gasteiger partial charge >= 0.3 is 0 Å². The molecule has 0 atom stereocenters. The van der Waals surface area contributed by atoms with Crippen molar-refractivity contribution in [3.63, 3.8) is 0 Å². The Morgan fingerprint density at radius 2 is 2.10 bits per heavy atom. The fourth-order valence-corrected chi connectivity index (χ4v) is 3.75. The maximum absolute atomic E-state index is 11.6. The number of rotatable bonds is 5. The molecule has 1 amide bonds. The topological polar surface area (TPSA) is 68.0 Å². The number of halogens is 1. The second-order valence-electron chi connectivity index (χ2n) is 6.19. The van der Waals surface area contributed by atoms with E-state index in [0.29, 0.717) is 23.0 Å². The minimum atomic E-state index is -0.171. The van der Waals surface area contributed by atoms with Gasteiger partial charge in [0, 0.05) is 16.0 Å². The number of aromatic nitrogens is 1. The lowest BCUT2D eigenvalue weighted by Crippen LogP contribution is -2.25. The molecule has 2 heterocycles. The standard InChI is InChI=1S/C21H17ClN4O2S/c1-2-9-23-21-26(24-11-14-3-6-16(22)7-4-14)18(13-29-21)15-5-8-19-17(10-15)25-20(27)12-28-19/h2-8,10-11,13H,1,9,12H2,(H,25,27). The zero-order valence-electron chi connectivity index (χ0n) is 15.3. The molecule has 0 unspecified atom stereocenters. The minimum absolute atomic E-state index is 0.0285. The van der Waals surface area contributed by atoms with Gasteiger partial charge in [0.2, 0.25) is 4.80 Å². The van der Waals surface area contributed by atoms with E-state index < -0.39 is 0 Å². The molecule has 0 spiro atoms. The average Bonchev–Trinajstić information content (AvgIpc) is 3.14. The number of benzene rings is 2. The molecule has 2 aromatic carbocycles. The molecule has 0 aliphatic carbocycles. The summed E-state index contributed by atoms with van der Waals surface area (Å²) in [6.07, 6.45) is 3.49. The molecule has 1 aromatic heterocycles. The van der Waals surface area contributed by atoms with Crippen LogP contribution in [0, 0.1) is 0 Å². The molecule has 6 nitrogen and oxygen atoms in total. The van der Waals surface area contributed by atoms with Gasteiger partial charge in [0.1, 0.15) is 5.75 Å². The second-order valence-corrected chi connectivity index (χ2v) is 7.46. The number of hydrogen-bond donors (Lipinski definition) is 1. The van der Waals surface area contributed by atoms with Crippen LogP contribution in [0.5, 0.6) is 5.75 Å². The molecule has 3 aromatic rings. The first kappa shape index (κ1) is 19.2. The molecule has 0 saturated carbocycles. The van der Waals surface area contributed by atoms with Crippen LogP contribution < -0.4 is 14.9 Å². The summed E-state index contributed by atoms with van der Waals surface area (Å²) in [4.78, 5) is 16.9. The third kappa shape index (κ3) is 4.31. The van der Waals surface area contributed by atoms with Crippen LogP contribution in [-0.4, -0.2) is 29.9 Å². The Bertz CT molecular complexity index is 1160. The number of nitrogens with one attached hydrogen (secondary N) is 1. The summed E-state index contributed by atoms with van der Waals surface area (Å²) in [7, 11) is 0. The van der Waals surface area contributed by atoms with Crippen molar-refractivity contribution < 1.29 is 9.53 Å². The van der Waals surface area contributed by atoms with Gasteiger partial charge in [-0.1, -0.05) is 29.8 Å². The Balaban J connectivity index is 1.77. The van der Waals surface area contributed by atoms with E-state index in [0.717, 1.165) is 21.6 Å². The van der Waals surface area contributed by atoms with Crippen LogP contribution in [0.2, 0.25) is 5.02 Å². The normalized spacial score (nSPS) is 13.8. The Kier molecular flexibility index (Phi) is 5.59. The Hall–Kier alpha value is -3.16. The van der Waals surface area contributed by atoms with Crippen LogP contribution in [0.1, 0.15) is 5.56 Å². The minimum Gasteiger partial charge on any atom is -0.482 e. The van der Waals surface area contributed by atoms with Crippen molar-refractivity contribution in [1.29, 1.82) is 0 Å². The van der Waals surface area contributed by atoms with Crippen LogP contribution >= 0.6 is 22.9 Å². The van der Waals surface area contributed by atoms with Gasteiger partial charge in [0.25, 0.3) is 5.91 Å².